The first-order chi connectivity index (χ1) is 13.6. The van der Waals surface area contributed by atoms with Crippen molar-refractivity contribution < 1.29 is 13.9 Å². The molecule has 0 saturated carbocycles. The third kappa shape index (κ3) is 3.39. The van der Waals surface area contributed by atoms with Crippen molar-refractivity contribution in [2.75, 3.05) is 25.1 Å². The third-order valence-corrected chi connectivity index (χ3v) is 5.07. The summed E-state index contributed by atoms with van der Waals surface area (Å²) in [7, 11) is 1.61. The van der Waals surface area contributed by atoms with Gasteiger partial charge in [0.2, 0.25) is 5.91 Å². The normalized spacial score (nSPS) is 17.9. The van der Waals surface area contributed by atoms with Gasteiger partial charge in [-0.05, 0) is 31.2 Å². The van der Waals surface area contributed by atoms with Crippen molar-refractivity contribution in [2.24, 2.45) is 0 Å². The van der Waals surface area contributed by atoms with Gasteiger partial charge < -0.3 is 14.1 Å². The zero-order valence-corrected chi connectivity index (χ0v) is 15.9. The Morgan fingerprint density at radius 2 is 1.96 bits per heavy atom. The molecule has 0 N–H and O–H groups in total. The number of amides is 1. The summed E-state index contributed by atoms with van der Waals surface area (Å²) in [4.78, 5) is 29.4. The number of hydrogen-bond acceptors (Lipinski definition) is 5. The van der Waals surface area contributed by atoms with Crippen LogP contribution in [-0.2, 0) is 11.3 Å². The first-order valence-corrected chi connectivity index (χ1v) is 9.24. The Bertz CT molecular complexity index is 1080. The number of nitrogens with zero attached hydrogens (tertiary/aromatic N) is 2. The molecule has 4 rings (SSSR count). The molecule has 1 atom stereocenters. The van der Waals surface area contributed by atoms with Crippen molar-refractivity contribution >= 4 is 22.6 Å². The molecule has 3 aromatic rings. The molecule has 6 nitrogen and oxygen atoms in total. The first-order valence-electron chi connectivity index (χ1n) is 9.24. The van der Waals surface area contributed by atoms with E-state index in [-0.39, 0.29) is 23.9 Å². The second kappa shape index (κ2) is 7.48. The molecule has 6 heteroatoms. The predicted octanol–water partition coefficient (Wildman–Crippen LogP) is 3.04. The SMILES string of the molecule is COc1cccc(N2C(=O)CN(Cc3coc4ccccc4c3=O)C[C@H]2C)c1. The number of hydrogen-bond donors (Lipinski definition) is 0. The van der Waals surface area contributed by atoms with Crippen molar-refractivity contribution in [3.05, 3.63) is 70.6 Å². The monoisotopic (exact) mass is 378 g/mol. The number of carbonyl (C=O) groups is 1. The molecule has 2 aromatic carbocycles. The molecule has 0 spiro atoms. The Hall–Kier alpha value is -3.12. The van der Waals surface area contributed by atoms with E-state index in [4.69, 9.17) is 9.15 Å². The fourth-order valence-electron chi connectivity index (χ4n) is 3.78. The van der Waals surface area contributed by atoms with Crippen molar-refractivity contribution in [1.82, 2.24) is 4.90 Å². The topological polar surface area (TPSA) is 63.0 Å². The summed E-state index contributed by atoms with van der Waals surface area (Å²) in [6, 6.07) is 14.7. The van der Waals surface area contributed by atoms with Crippen molar-refractivity contribution in [3.63, 3.8) is 0 Å². The first kappa shape index (κ1) is 18.3. The van der Waals surface area contributed by atoms with Crippen LogP contribution >= 0.6 is 0 Å². The summed E-state index contributed by atoms with van der Waals surface area (Å²) in [6.07, 6.45) is 1.51. The van der Waals surface area contributed by atoms with E-state index in [1.165, 1.54) is 6.26 Å². The van der Waals surface area contributed by atoms with Crippen LogP contribution in [0.2, 0.25) is 0 Å². The number of benzene rings is 2. The Labute approximate surface area is 162 Å². The summed E-state index contributed by atoms with van der Waals surface area (Å²) >= 11 is 0. The summed E-state index contributed by atoms with van der Waals surface area (Å²) in [5.41, 5.74) is 1.91. The van der Waals surface area contributed by atoms with E-state index in [0.717, 1.165) is 5.69 Å². The van der Waals surface area contributed by atoms with Crippen LogP contribution in [-0.4, -0.2) is 37.0 Å². The highest BCUT2D eigenvalue weighted by Gasteiger charge is 2.31. The van der Waals surface area contributed by atoms with Gasteiger partial charge in [-0.15, -0.1) is 0 Å². The fraction of sp³-hybridized carbons (Fsp3) is 0.273. The van der Waals surface area contributed by atoms with E-state index in [0.29, 0.717) is 35.4 Å². The Morgan fingerprint density at radius 1 is 1.14 bits per heavy atom. The number of piperazine rings is 1. The van der Waals surface area contributed by atoms with Crippen LogP contribution in [0.1, 0.15) is 12.5 Å². The number of methoxy groups -OCH3 is 1. The second-order valence-electron chi connectivity index (χ2n) is 7.07. The molecule has 0 bridgehead atoms. The highest BCUT2D eigenvalue weighted by Crippen LogP contribution is 2.26. The van der Waals surface area contributed by atoms with Gasteiger partial charge in [-0.2, -0.15) is 0 Å². The third-order valence-electron chi connectivity index (χ3n) is 5.07. The minimum Gasteiger partial charge on any atom is -0.497 e. The van der Waals surface area contributed by atoms with Crippen LogP contribution in [0.15, 0.2) is 64.0 Å². The number of rotatable bonds is 4. The van der Waals surface area contributed by atoms with Gasteiger partial charge in [0.1, 0.15) is 11.3 Å². The Balaban J connectivity index is 1.54. The van der Waals surface area contributed by atoms with Gasteiger partial charge in [0.15, 0.2) is 5.43 Å². The molecule has 1 saturated heterocycles. The minimum absolute atomic E-state index is 0.00261. The van der Waals surface area contributed by atoms with Crippen LogP contribution < -0.4 is 15.1 Å². The molecule has 0 radical (unpaired) electrons. The van der Waals surface area contributed by atoms with E-state index in [1.807, 2.05) is 48.2 Å². The molecule has 28 heavy (non-hydrogen) atoms. The van der Waals surface area contributed by atoms with Gasteiger partial charge in [0.25, 0.3) is 0 Å². The maximum absolute atomic E-state index is 12.8. The van der Waals surface area contributed by atoms with E-state index in [2.05, 4.69) is 0 Å². The molecule has 2 heterocycles. The van der Waals surface area contributed by atoms with E-state index >= 15 is 0 Å². The van der Waals surface area contributed by atoms with Crippen LogP contribution in [0.25, 0.3) is 11.0 Å². The van der Waals surface area contributed by atoms with Gasteiger partial charge in [-0.1, -0.05) is 18.2 Å². The quantitative estimate of drug-likeness (QED) is 0.698. The minimum atomic E-state index is -0.0443. The number of para-hydroxylation sites is 1. The molecule has 0 aliphatic carbocycles. The Kier molecular flexibility index (Phi) is 4.88. The van der Waals surface area contributed by atoms with Gasteiger partial charge >= 0.3 is 0 Å². The van der Waals surface area contributed by atoms with E-state index < -0.39 is 0 Å². The lowest BCUT2D eigenvalue weighted by molar-refractivity contribution is -0.122. The maximum atomic E-state index is 12.8. The molecule has 1 aliphatic heterocycles. The Morgan fingerprint density at radius 3 is 2.75 bits per heavy atom. The largest absolute Gasteiger partial charge is 0.497 e. The lowest BCUT2D eigenvalue weighted by Gasteiger charge is -2.39. The zero-order chi connectivity index (χ0) is 19.7. The number of carbonyl (C=O) groups excluding carboxylic acids is 1. The van der Waals surface area contributed by atoms with Crippen molar-refractivity contribution in [2.45, 2.75) is 19.5 Å². The number of anilines is 1. The molecule has 144 valence electrons. The van der Waals surface area contributed by atoms with Crippen molar-refractivity contribution in [1.29, 1.82) is 0 Å². The zero-order valence-electron chi connectivity index (χ0n) is 15.9. The number of ether oxygens (including phenoxy) is 1. The molecule has 1 aliphatic rings. The lowest BCUT2D eigenvalue weighted by atomic mass is 10.1. The van der Waals surface area contributed by atoms with Crippen LogP contribution in [0.3, 0.4) is 0 Å². The van der Waals surface area contributed by atoms with Gasteiger partial charge in [0.05, 0.1) is 25.3 Å². The van der Waals surface area contributed by atoms with Crippen molar-refractivity contribution in [3.8, 4) is 5.75 Å². The van der Waals surface area contributed by atoms with E-state index in [9.17, 15) is 9.59 Å². The second-order valence-corrected chi connectivity index (χ2v) is 7.07. The summed E-state index contributed by atoms with van der Waals surface area (Å²) in [5, 5.41) is 0.564. The molecule has 1 aromatic heterocycles. The van der Waals surface area contributed by atoms with Crippen LogP contribution in [0.4, 0.5) is 5.69 Å². The predicted molar refractivity (Wildman–Crippen MR) is 108 cm³/mol. The molecule has 0 unspecified atom stereocenters. The number of fused-ring (bicyclic) bond motifs is 1. The smallest absolute Gasteiger partial charge is 0.241 e. The maximum Gasteiger partial charge on any atom is 0.241 e. The standard InChI is InChI=1S/C22H22N2O4/c1-15-11-23(12-16-14-28-20-9-4-3-8-19(20)22(16)26)13-21(25)24(15)17-6-5-7-18(10-17)27-2/h3-10,14-15H,11-13H2,1-2H3/t15-/m1/s1. The van der Waals surface area contributed by atoms with E-state index in [1.54, 1.807) is 24.1 Å². The summed E-state index contributed by atoms with van der Waals surface area (Å²) in [5.74, 6) is 0.714. The van der Waals surface area contributed by atoms with Crippen LogP contribution in [0.5, 0.6) is 5.75 Å². The average Bonchev–Trinajstić information content (AvgIpc) is 2.70. The molecule has 1 amide bonds. The van der Waals surface area contributed by atoms with Gasteiger partial charge in [-0.25, -0.2) is 0 Å². The molecule has 1 fully saturated rings. The fourth-order valence-corrected chi connectivity index (χ4v) is 3.78. The highest BCUT2D eigenvalue weighted by atomic mass is 16.5. The summed E-state index contributed by atoms with van der Waals surface area (Å²) in [6.45, 7) is 3.30. The molecular formula is C22H22N2O4. The molecular weight excluding hydrogens is 356 g/mol. The lowest BCUT2D eigenvalue weighted by Crippen LogP contribution is -2.55. The summed E-state index contributed by atoms with van der Waals surface area (Å²) < 4.78 is 10.9. The van der Waals surface area contributed by atoms with Gasteiger partial charge in [-0.3, -0.25) is 14.5 Å². The van der Waals surface area contributed by atoms with Crippen LogP contribution in [0, 0.1) is 0 Å². The highest BCUT2D eigenvalue weighted by molar-refractivity contribution is 5.96. The van der Waals surface area contributed by atoms with Gasteiger partial charge in [0, 0.05) is 36.4 Å². The average molecular weight is 378 g/mol.